The predicted molar refractivity (Wildman–Crippen MR) is 104 cm³/mol. The molecule has 1 aromatic heterocycles. The molecule has 3 N–H and O–H groups in total. The third-order valence-electron chi connectivity index (χ3n) is 5.93. The molecule has 142 valence electrons. The Morgan fingerprint density at radius 1 is 1.19 bits per heavy atom. The summed E-state index contributed by atoms with van der Waals surface area (Å²) < 4.78 is 1.22. The number of thiazole rings is 1. The Hall–Kier alpha value is -1.25. The van der Waals surface area contributed by atoms with Crippen LogP contribution in [0.1, 0.15) is 19.8 Å². The number of aliphatic hydroxyl groups is 3. The topological polar surface area (TPSA) is 80.1 Å². The fourth-order valence-electron chi connectivity index (χ4n) is 4.38. The normalized spacial score (nSPS) is 33.7. The number of hydrogen-bond donors (Lipinski definition) is 3. The van der Waals surface area contributed by atoms with Gasteiger partial charge in [0.2, 0.25) is 0 Å². The monoisotopic (exact) mass is 377 g/mol. The van der Waals surface area contributed by atoms with E-state index in [4.69, 9.17) is 0 Å². The van der Waals surface area contributed by atoms with Gasteiger partial charge in [0.1, 0.15) is 11.6 Å². The Kier molecular flexibility index (Phi) is 5.16. The van der Waals surface area contributed by atoms with Gasteiger partial charge in [-0.3, -0.25) is 4.90 Å². The smallest absolute Gasteiger partial charge is 0.108 e. The van der Waals surface area contributed by atoms with E-state index >= 15 is 0 Å². The van der Waals surface area contributed by atoms with Crippen molar-refractivity contribution in [3.8, 4) is 0 Å². The first-order valence-corrected chi connectivity index (χ1v) is 10.3. The van der Waals surface area contributed by atoms with Gasteiger partial charge in [-0.15, -0.1) is 11.3 Å². The highest BCUT2D eigenvalue weighted by Gasteiger charge is 2.39. The Balaban J connectivity index is 1.46. The number of benzene rings is 1. The maximum Gasteiger partial charge on any atom is 0.108 e. The molecule has 5 atom stereocenters. The molecule has 2 aliphatic rings. The van der Waals surface area contributed by atoms with Crippen LogP contribution in [0.15, 0.2) is 23.7 Å². The van der Waals surface area contributed by atoms with Gasteiger partial charge in [-0.05, 0) is 37.8 Å². The lowest BCUT2D eigenvalue weighted by Gasteiger charge is -2.45. The van der Waals surface area contributed by atoms with Crippen LogP contribution in [0.2, 0.25) is 0 Å². The highest BCUT2D eigenvalue weighted by atomic mass is 32.1. The van der Waals surface area contributed by atoms with Gasteiger partial charge < -0.3 is 20.2 Å². The van der Waals surface area contributed by atoms with Crippen LogP contribution in [-0.4, -0.2) is 75.7 Å². The van der Waals surface area contributed by atoms with Crippen molar-refractivity contribution in [1.82, 2.24) is 9.88 Å². The Morgan fingerprint density at radius 3 is 2.88 bits per heavy atom. The van der Waals surface area contributed by atoms with Gasteiger partial charge in [-0.25, -0.2) is 4.98 Å². The molecule has 1 aromatic carbocycles. The molecular formula is C19H27N3O3S. The zero-order valence-electron chi connectivity index (χ0n) is 15.0. The first-order valence-electron chi connectivity index (χ1n) is 9.40. The third-order valence-corrected chi connectivity index (χ3v) is 6.72. The second kappa shape index (κ2) is 7.40. The summed E-state index contributed by atoms with van der Waals surface area (Å²) in [4.78, 5) is 9.10. The van der Waals surface area contributed by atoms with E-state index in [-0.39, 0.29) is 6.04 Å². The summed E-state index contributed by atoms with van der Waals surface area (Å²) >= 11 is 1.67. The average molecular weight is 378 g/mol. The lowest BCUT2D eigenvalue weighted by molar-refractivity contribution is -0.135. The molecule has 0 spiro atoms. The second-order valence-corrected chi connectivity index (χ2v) is 8.56. The largest absolute Gasteiger partial charge is 0.389 e. The number of hydrogen-bond acceptors (Lipinski definition) is 7. The van der Waals surface area contributed by atoms with Crippen molar-refractivity contribution in [2.45, 2.75) is 44.1 Å². The standard InChI is InChI=1S/C19H27N3O3S/c1-12-18(24)19(25)15(23)10-22(12)9-13-4-3-7-21(8-13)14-5-2-6-16-17(14)20-11-26-16/h2,5-6,11-13,15,18-19,23-25H,3-4,7-10H2,1H3/t12-,13+,15+,18-,19-/m1/s1. The lowest BCUT2D eigenvalue weighted by Crippen LogP contribution is -2.61. The van der Waals surface area contributed by atoms with Crippen molar-refractivity contribution >= 4 is 27.2 Å². The van der Waals surface area contributed by atoms with Gasteiger partial charge in [0, 0.05) is 32.2 Å². The van der Waals surface area contributed by atoms with Gasteiger partial charge in [-0.1, -0.05) is 6.07 Å². The van der Waals surface area contributed by atoms with E-state index in [1.165, 1.54) is 10.4 Å². The summed E-state index contributed by atoms with van der Waals surface area (Å²) in [6, 6.07) is 6.21. The minimum absolute atomic E-state index is 0.147. The van der Waals surface area contributed by atoms with E-state index in [1.54, 1.807) is 11.3 Å². The van der Waals surface area contributed by atoms with Gasteiger partial charge in [-0.2, -0.15) is 0 Å². The van der Waals surface area contributed by atoms with Crippen LogP contribution >= 0.6 is 11.3 Å². The number of nitrogens with zero attached hydrogens (tertiary/aromatic N) is 3. The number of rotatable bonds is 3. The van der Waals surface area contributed by atoms with Gasteiger partial charge >= 0.3 is 0 Å². The molecule has 2 fully saturated rings. The first kappa shape index (κ1) is 18.1. The number of likely N-dealkylation sites (tertiary alicyclic amines) is 1. The van der Waals surface area contributed by atoms with Gasteiger partial charge in [0.15, 0.2) is 0 Å². The molecule has 7 heteroatoms. The van der Waals surface area contributed by atoms with Crippen LogP contribution in [0.25, 0.3) is 10.2 Å². The maximum atomic E-state index is 10.2. The quantitative estimate of drug-likeness (QED) is 0.748. The molecule has 2 aliphatic heterocycles. The summed E-state index contributed by atoms with van der Waals surface area (Å²) in [5.74, 6) is 0.467. The molecule has 2 aromatic rings. The number of aromatic nitrogens is 1. The van der Waals surface area contributed by atoms with Crippen molar-refractivity contribution in [3.63, 3.8) is 0 Å². The summed E-state index contributed by atoms with van der Waals surface area (Å²) in [6.45, 7) is 5.15. The van der Waals surface area contributed by atoms with Crippen LogP contribution in [0.5, 0.6) is 0 Å². The van der Waals surface area contributed by atoms with E-state index in [1.807, 2.05) is 12.4 Å². The van der Waals surface area contributed by atoms with E-state index < -0.39 is 18.3 Å². The second-order valence-electron chi connectivity index (χ2n) is 7.67. The number of para-hydroxylation sites is 1. The van der Waals surface area contributed by atoms with Crippen LogP contribution in [-0.2, 0) is 0 Å². The number of β-amino-alcohol motifs (C(OH)–C–C–N with tert-alkyl or cyclic N) is 1. The number of aliphatic hydroxyl groups excluding tert-OH is 3. The molecule has 0 saturated carbocycles. The molecule has 0 bridgehead atoms. The van der Waals surface area contributed by atoms with Crippen molar-refractivity contribution in [2.75, 3.05) is 31.1 Å². The van der Waals surface area contributed by atoms with Crippen LogP contribution in [0.4, 0.5) is 5.69 Å². The fraction of sp³-hybridized carbons (Fsp3) is 0.632. The van der Waals surface area contributed by atoms with E-state index in [0.717, 1.165) is 38.0 Å². The minimum Gasteiger partial charge on any atom is -0.389 e. The van der Waals surface area contributed by atoms with Crippen molar-refractivity contribution in [1.29, 1.82) is 0 Å². The summed E-state index contributed by atoms with van der Waals surface area (Å²) in [6.07, 6.45) is -0.568. The van der Waals surface area contributed by atoms with Crippen molar-refractivity contribution < 1.29 is 15.3 Å². The van der Waals surface area contributed by atoms with Gasteiger partial charge in [0.25, 0.3) is 0 Å². The molecule has 3 heterocycles. The van der Waals surface area contributed by atoms with E-state index in [0.29, 0.717) is 12.5 Å². The molecule has 0 amide bonds. The third kappa shape index (κ3) is 3.34. The Labute approximate surface area is 157 Å². The molecule has 0 unspecified atom stereocenters. The summed E-state index contributed by atoms with van der Waals surface area (Å²) in [5, 5.41) is 30.1. The molecule has 26 heavy (non-hydrogen) atoms. The predicted octanol–water partition coefficient (Wildman–Crippen LogP) is 1.30. The molecular weight excluding hydrogens is 350 g/mol. The number of piperidine rings is 2. The molecule has 0 aliphatic carbocycles. The fourth-order valence-corrected chi connectivity index (χ4v) is 5.07. The van der Waals surface area contributed by atoms with Crippen LogP contribution < -0.4 is 4.90 Å². The number of anilines is 1. The molecule has 0 radical (unpaired) electrons. The molecule has 6 nitrogen and oxygen atoms in total. The summed E-state index contributed by atoms with van der Waals surface area (Å²) in [5.41, 5.74) is 4.19. The zero-order chi connectivity index (χ0) is 18.3. The Bertz CT molecular complexity index is 754. The zero-order valence-corrected chi connectivity index (χ0v) is 15.8. The summed E-state index contributed by atoms with van der Waals surface area (Å²) in [7, 11) is 0. The average Bonchev–Trinajstić information content (AvgIpc) is 3.13. The van der Waals surface area contributed by atoms with Crippen LogP contribution in [0, 0.1) is 5.92 Å². The highest BCUT2D eigenvalue weighted by molar-refractivity contribution is 7.16. The van der Waals surface area contributed by atoms with Gasteiger partial charge in [0.05, 0.1) is 28.1 Å². The van der Waals surface area contributed by atoms with E-state index in [2.05, 4.69) is 33.0 Å². The van der Waals surface area contributed by atoms with Crippen molar-refractivity contribution in [2.24, 2.45) is 5.92 Å². The maximum absolute atomic E-state index is 10.2. The highest BCUT2D eigenvalue weighted by Crippen LogP contribution is 2.32. The minimum atomic E-state index is -1.05. The lowest BCUT2D eigenvalue weighted by atomic mass is 9.91. The van der Waals surface area contributed by atoms with E-state index in [9.17, 15) is 15.3 Å². The van der Waals surface area contributed by atoms with Crippen LogP contribution in [0.3, 0.4) is 0 Å². The SMILES string of the molecule is C[C@@H]1[C@@H](O)[C@H](O)[C@@H](O)CN1C[C@H]1CCCN(c2cccc3scnc23)C1. The first-order chi connectivity index (χ1) is 12.5. The molecule has 2 saturated heterocycles. The number of fused-ring (bicyclic) bond motifs is 1. The van der Waals surface area contributed by atoms with Crippen molar-refractivity contribution in [3.05, 3.63) is 23.7 Å². The molecule has 4 rings (SSSR count). The Morgan fingerprint density at radius 2 is 2.04 bits per heavy atom.